The van der Waals surface area contributed by atoms with Gasteiger partial charge >= 0.3 is 0 Å². The smallest absolute Gasteiger partial charge is 0.223 e. The highest BCUT2D eigenvalue weighted by atomic mass is 79.9. The second-order valence-corrected chi connectivity index (χ2v) is 4.88. The van der Waals surface area contributed by atoms with Gasteiger partial charge in [0.05, 0.1) is 17.7 Å². The van der Waals surface area contributed by atoms with Crippen LogP contribution in [-0.2, 0) is 6.54 Å². The zero-order valence-electron chi connectivity index (χ0n) is 10.1. The number of halogens is 1. The van der Waals surface area contributed by atoms with Crippen LogP contribution in [0.5, 0.6) is 0 Å². The highest BCUT2D eigenvalue weighted by molar-refractivity contribution is 9.10. The average molecular weight is 320 g/mol. The average Bonchev–Trinajstić information content (AvgIpc) is 2.81. The van der Waals surface area contributed by atoms with Gasteiger partial charge in [0.15, 0.2) is 5.82 Å². The third-order valence-electron chi connectivity index (χ3n) is 2.55. The minimum absolute atomic E-state index is 0.480. The molecule has 7 heteroatoms. The van der Waals surface area contributed by atoms with Crippen LogP contribution in [0.25, 0.3) is 11.0 Å². The summed E-state index contributed by atoms with van der Waals surface area (Å²) in [6, 6.07) is 3.79. The molecule has 3 aromatic rings. The summed E-state index contributed by atoms with van der Waals surface area (Å²) in [5, 5.41) is 7.07. The Morgan fingerprint density at radius 3 is 3.05 bits per heavy atom. The number of aryl methyl sites for hydroxylation is 1. The molecule has 0 bridgehead atoms. The fourth-order valence-electron chi connectivity index (χ4n) is 1.74. The predicted octanol–water partition coefficient (Wildman–Crippen LogP) is 2.70. The number of aromatic nitrogens is 4. The first-order chi connectivity index (χ1) is 9.22. The largest absolute Gasteiger partial charge is 0.376 e. The lowest BCUT2D eigenvalue weighted by atomic mass is 10.3. The van der Waals surface area contributed by atoms with Crippen molar-refractivity contribution in [2.45, 2.75) is 13.5 Å². The Morgan fingerprint density at radius 1 is 1.37 bits per heavy atom. The van der Waals surface area contributed by atoms with E-state index in [1.54, 1.807) is 19.3 Å². The normalized spacial score (nSPS) is 10.8. The molecule has 1 N–H and O–H groups in total. The Balaban J connectivity index is 1.88. The summed E-state index contributed by atoms with van der Waals surface area (Å²) in [6.07, 6.45) is 3.48. The summed E-state index contributed by atoms with van der Waals surface area (Å²) < 4.78 is 5.82. The van der Waals surface area contributed by atoms with Crippen LogP contribution in [0.2, 0.25) is 0 Å². The summed E-state index contributed by atoms with van der Waals surface area (Å²) >= 11 is 3.38. The predicted molar refractivity (Wildman–Crippen MR) is 73.6 cm³/mol. The second-order valence-electron chi connectivity index (χ2n) is 3.96. The lowest BCUT2D eigenvalue weighted by Gasteiger charge is -2.06. The molecule has 0 fully saturated rings. The van der Waals surface area contributed by atoms with Crippen LogP contribution in [0.4, 0.5) is 5.69 Å². The maximum atomic E-state index is 4.92. The van der Waals surface area contributed by atoms with Gasteiger partial charge in [0.1, 0.15) is 5.52 Å². The van der Waals surface area contributed by atoms with Crippen molar-refractivity contribution < 1.29 is 4.52 Å². The van der Waals surface area contributed by atoms with Crippen LogP contribution in [-0.4, -0.2) is 20.1 Å². The van der Waals surface area contributed by atoms with Crippen molar-refractivity contribution in [3.05, 3.63) is 40.7 Å². The van der Waals surface area contributed by atoms with Gasteiger partial charge in [-0.05, 0) is 28.1 Å². The fourth-order valence-corrected chi connectivity index (χ4v) is 2.05. The molecule has 0 aliphatic rings. The third-order valence-corrected chi connectivity index (χ3v) is 2.98. The Hall–Kier alpha value is -2.02. The third kappa shape index (κ3) is 2.55. The van der Waals surface area contributed by atoms with Crippen LogP contribution in [0.3, 0.4) is 0 Å². The summed E-state index contributed by atoms with van der Waals surface area (Å²) in [7, 11) is 0. The van der Waals surface area contributed by atoms with E-state index >= 15 is 0 Å². The molecule has 0 atom stereocenters. The molecule has 6 nitrogen and oxygen atoms in total. The van der Waals surface area contributed by atoms with E-state index in [1.807, 2.05) is 12.1 Å². The summed E-state index contributed by atoms with van der Waals surface area (Å²) in [4.78, 5) is 12.8. The Bertz CT molecular complexity index is 727. The number of nitrogens with zero attached hydrogens (tertiary/aromatic N) is 4. The Kier molecular flexibility index (Phi) is 3.12. The van der Waals surface area contributed by atoms with Crippen molar-refractivity contribution >= 4 is 32.7 Å². The molecule has 0 aliphatic heterocycles. The van der Waals surface area contributed by atoms with Gasteiger partial charge in [-0.25, -0.2) is 0 Å². The van der Waals surface area contributed by atoms with Crippen molar-refractivity contribution in [2.24, 2.45) is 0 Å². The van der Waals surface area contributed by atoms with E-state index in [0.29, 0.717) is 18.3 Å². The summed E-state index contributed by atoms with van der Waals surface area (Å²) in [6.45, 7) is 2.24. The molecular weight excluding hydrogens is 310 g/mol. The second kappa shape index (κ2) is 4.93. The molecule has 3 aromatic heterocycles. The van der Waals surface area contributed by atoms with Gasteiger partial charge in [0.25, 0.3) is 0 Å². The topological polar surface area (TPSA) is 76.7 Å². The number of hydrogen-bond acceptors (Lipinski definition) is 6. The van der Waals surface area contributed by atoms with E-state index in [2.05, 4.69) is 41.4 Å². The first kappa shape index (κ1) is 12.0. The van der Waals surface area contributed by atoms with E-state index < -0.39 is 0 Å². The molecule has 0 spiro atoms. The number of anilines is 1. The van der Waals surface area contributed by atoms with Crippen molar-refractivity contribution in [3.8, 4) is 0 Å². The van der Waals surface area contributed by atoms with Gasteiger partial charge in [0, 0.05) is 23.8 Å². The van der Waals surface area contributed by atoms with E-state index in [0.717, 1.165) is 21.2 Å². The minimum Gasteiger partial charge on any atom is -0.376 e. The maximum Gasteiger partial charge on any atom is 0.223 e. The zero-order valence-corrected chi connectivity index (χ0v) is 11.7. The molecular formula is C12H10BrN5O. The zero-order chi connectivity index (χ0) is 13.2. The molecule has 19 heavy (non-hydrogen) atoms. The molecule has 0 saturated heterocycles. The summed E-state index contributed by atoms with van der Waals surface area (Å²) in [5.74, 6) is 1.16. The fraction of sp³-hybridized carbons (Fsp3) is 0.167. The highest BCUT2D eigenvalue weighted by Gasteiger charge is 2.06. The van der Waals surface area contributed by atoms with E-state index in [1.165, 1.54) is 0 Å². The Labute approximate surface area is 117 Å². The number of nitrogens with one attached hydrogen (secondary N) is 1. The number of rotatable bonds is 3. The van der Waals surface area contributed by atoms with Crippen LogP contribution in [0.1, 0.15) is 11.7 Å². The lowest BCUT2D eigenvalue weighted by molar-refractivity contribution is 0.388. The highest BCUT2D eigenvalue weighted by Crippen LogP contribution is 2.22. The Morgan fingerprint density at radius 2 is 2.26 bits per heavy atom. The standard InChI is InChI=1S/C12H10BrN5O/c1-7-17-11(18-19-7)6-15-9-2-3-14-10-4-8(13)5-16-12(9)10/h2-5H,6H2,1H3,(H,14,15). The van der Waals surface area contributed by atoms with Crippen LogP contribution < -0.4 is 5.32 Å². The molecule has 0 aromatic carbocycles. The van der Waals surface area contributed by atoms with Crippen LogP contribution in [0.15, 0.2) is 33.5 Å². The first-order valence-corrected chi connectivity index (χ1v) is 6.45. The van der Waals surface area contributed by atoms with Crippen molar-refractivity contribution in [2.75, 3.05) is 5.32 Å². The lowest BCUT2D eigenvalue weighted by Crippen LogP contribution is -2.02. The van der Waals surface area contributed by atoms with Gasteiger partial charge in [0.2, 0.25) is 5.89 Å². The maximum absolute atomic E-state index is 4.92. The molecule has 3 heterocycles. The SMILES string of the molecule is Cc1nc(CNc2ccnc3cc(Br)cnc23)no1. The summed E-state index contributed by atoms with van der Waals surface area (Å²) in [5.41, 5.74) is 2.52. The van der Waals surface area contributed by atoms with Gasteiger partial charge in [-0.2, -0.15) is 4.98 Å². The minimum atomic E-state index is 0.480. The molecule has 0 saturated carbocycles. The van der Waals surface area contributed by atoms with Gasteiger partial charge in [-0.15, -0.1) is 0 Å². The quantitative estimate of drug-likeness (QED) is 0.799. The van der Waals surface area contributed by atoms with E-state index in [-0.39, 0.29) is 0 Å². The van der Waals surface area contributed by atoms with Crippen molar-refractivity contribution in [1.29, 1.82) is 0 Å². The van der Waals surface area contributed by atoms with Crippen molar-refractivity contribution in [3.63, 3.8) is 0 Å². The number of pyridine rings is 2. The molecule has 0 unspecified atom stereocenters. The van der Waals surface area contributed by atoms with Gasteiger partial charge in [-0.1, -0.05) is 5.16 Å². The molecule has 96 valence electrons. The van der Waals surface area contributed by atoms with E-state index in [4.69, 9.17) is 4.52 Å². The number of fused-ring (bicyclic) bond motifs is 1. The molecule has 0 aliphatic carbocycles. The first-order valence-electron chi connectivity index (χ1n) is 5.66. The van der Waals surface area contributed by atoms with Crippen LogP contribution >= 0.6 is 15.9 Å². The number of hydrogen-bond donors (Lipinski definition) is 1. The molecule has 0 radical (unpaired) electrons. The van der Waals surface area contributed by atoms with Gasteiger partial charge < -0.3 is 9.84 Å². The van der Waals surface area contributed by atoms with Gasteiger partial charge in [-0.3, -0.25) is 9.97 Å². The molecule has 3 rings (SSSR count). The van der Waals surface area contributed by atoms with Crippen LogP contribution in [0, 0.1) is 6.92 Å². The van der Waals surface area contributed by atoms with E-state index in [9.17, 15) is 0 Å². The van der Waals surface area contributed by atoms with Crippen molar-refractivity contribution in [1.82, 2.24) is 20.1 Å². The monoisotopic (exact) mass is 319 g/mol. The molecule has 0 amide bonds.